The number of ether oxygens (including phenoxy) is 3. The van der Waals surface area contributed by atoms with E-state index in [9.17, 15) is 9.59 Å². The van der Waals surface area contributed by atoms with Crippen LogP contribution in [0.5, 0.6) is 11.5 Å². The molecule has 10 nitrogen and oxygen atoms in total. The largest absolute Gasteiger partial charge is 0.485 e. The molecule has 1 aliphatic heterocycles. The van der Waals surface area contributed by atoms with Gasteiger partial charge in [0.1, 0.15) is 11.6 Å². The van der Waals surface area contributed by atoms with E-state index in [-0.39, 0.29) is 18.3 Å². The first-order chi connectivity index (χ1) is 16.0. The lowest BCUT2D eigenvalue weighted by atomic mass is 10.1. The van der Waals surface area contributed by atoms with Gasteiger partial charge in [-0.15, -0.1) is 21.5 Å². The molecule has 172 valence electrons. The number of aryl methyl sites for hydroxylation is 1. The second kappa shape index (κ2) is 8.94. The SMILES string of the molecule is COC(=O)c1c(NC(=O)CSc2nnc([C@@H]3COc4ccccc4O3)n2N)sc2c1CCC2. The lowest BCUT2D eigenvalue weighted by molar-refractivity contribution is -0.113. The third kappa shape index (κ3) is 4.11. The Balaban J connectivity index is 1.24. The molecule has 1 aromatic carbocycles. The Morgan fingerprint density at radius 1 is 1.30 bits per heavy atom. The Labute approximate surface area is 197 Å². The molecule has 0 bridgehead atoms. The second-order valence-corrected chi connectivity index (χ2v) is 9.51. The smallest absolute Gasteiger partial charge is 0.341 e. The van der Waals surface area contributed by atoms with Crippen molar-refractivity contribution in [2.24, 2.45) is 0 Å². The molecule has 1 aliphatic carbocycles. The summed E-state index contributed by atoms with van der Waals surface area (Å²) >= 11 is 2.57. The van der Waals surface area contributed by atoms with E-state index in [1.54, 1.807) is 0 Å². The van der Waals surface area contributed by atoms with Crippen LogP contribution in [-0.4, -0.2) is 46.2 Å². The number of thiophene rings is 1. The first-order valence-corrected chi connectivity index (χ1v) is 12.1. The van der Waals surface area contributed by atoms with Gasteiger partial charge in [0.15, 0.2) is 23.4 Å². The van der Waals surface area contributed by atoms with Gasteiger partial charge in [-0.05, 0) is 37.0 Å². The van der Waals surface area contributed by atoms with Gasteiger partial charge in [0.25, 0.3) is 0 Å². The Kier molecular flexibility index (Phi) is 5.85. The summed E-state index contributed by atoms with van der Waals surface area (Å²) in [6.07, 6.45) is 2.21. The van der Waals surface area contributed by atoms with E-state index in [1.165, 1.54) is 23.1 Å². The van der Waals surface area contributed by atoms with Crippen molar-refractivity contribution in [1.82, 2.24) is 14.9 Å². The van der Waals surface area contributed by atoms with Crippen molar-refractivity contribution in [3.8, 4) is 11.5 Å². The van der Waals surface area contributed by atoms with Crippen LogP contribution in [0.15, 0.2) is 29.4 Å². The van der Waals surface area contributed by atoms with Crippen molar-refractivity contribution in [2.75, 3.05) is 30.6 Å². The maximum absolute atomic E-state index is 12.6. The molecular formula is C21H21N5O5S2. The number of nitrogens with two attached hydrogens (primary N) is 1. The number of anilines is 1. The van der Waals surface area contributed by atoms with Gasteiger partial charge >= 0.3 is 5.97 Å². The fourth-order valence-corrected chi connectivity index (χ4v) is 5.81. The fourth-order valence-electron chi connectivity index (χ4n) is 3.86. The number of fused-ring (bicyclic) bond motifs is 2. The maximum Gasteiger partial charge on any atom is 0.341 e. The highest BCUT2D eigenvalue weighted by Crippen LogP contribution is 2.40. The van der Waals surface area contributed by atoms with E-state index in [2.05, 4.69) is 15.5 Å². The number of rotatable bonds is 6. The Bertz CT molecular complexity index is 1220. The van der Waals surface area contributed by atoms with E-state index in [4.69, 9.17) is 20.1 Å². The minimum atomic E-state index is -0.517. The fraction of sp³-hybridized carbons (Fsp3) is 0.333. The molecule has 2 aromatic heterocycles. The summed E-state index contributed by atoms with van der Waals surface area (Å²) in [6.45, 7) is 0.247. The minimum Gasteiger partial charge on any atom is -0.485 e. The molecule has 0 saturated carbocycles. The summed E-state index contributed by atoms with van der Waals surface area (Å²) in [5.74, 6) is 7.17. The maximum atomic E-state index is 12.6. The molecule has 0 spiro atoms. The van der Waals surface area contributed by atoms with Gasteiger partial charge in [0.2, 0.25) is 11.1 Å². The summed E-state index contributed by atoms with van der Waals surface area (Å²) < 4.78 is 17.9. The summed E-state index contributed by atoms with van der Waals surface area (Å²) in [6, 6.07) is 7.35. The zero-order valence-electron chi connectivity index (χ0n) is 17.7. The van der Waals surface area contributed by atoms with Crippen molar-refractivity contribution >= 4 is 40.0 Å². The zero-order valence-corrected chi connectivity index (χ0v) is 19.3. The van der Waals surface area contributed by atoms with Crippen molar-refractivity contribution in [3.63, 3.8) is 0 Å². The van der Waals surface area contributed by atoms with Crippen LogP contribution in [0.25, 0.3) is 0 Å². The predicted molar refractivity (Wildman–Crippen MR) is 123 cm³/mol. The van der Waals surface area contributed by atoms with Gasteiger partial charge in [-0.2, -0.15) is 0 Å². The molecule has 0 saturated heterocycles. The normalized spacial score (nSPS) is 16.3. The van der Waals surface area contributed by atoms with Crippen LogP contribution in [0.4, 0.5) is 5.00 Å². The molecule has 12 heteroatoms. The van der Waals surface area contributed by atoms with E-state index < -0.39 is 12.1 Å². The van der Waals surface area contributed by atoms with Crippen molar-refractivity contribution < 1.29 is 23.8 Å². The van der Waals surface area contributed by atoms with Crippen LogP contribution in [0.1, 0.15) is 39.1 Å². The second-order valence-electron chi connectivity index (χ2n) is 7.46. The third-order valence-electron chi connectivity index (χ3n) is 5.38. The molecule has 3 heterocycles. The number of hydrogen-bond acceptors (Lipinski definition) is 10. The predicted octanol–water partition coefficient (Wildman–Crippen LogP) is 2.57. The molecule has 3 aromatic rings. The van der Waals surface area contributed by atoms with Crippen LogP contribution in [0.3, 0.4) is 0 Å². The molecule has 5 rings (SSSR count). The number of carbonyl (C=O) groups excluding carboxylic acids is 2. The van der Waals surface area contributed by atoms with Gasteiger partial charge in [0.05, 0.1) is 18.4 Å². The summed E-state index contributed by atoms with van der Waals surface area (Å²) in [5, 5.41) is 11.9. The Hall–Kier alpha value is -3.25. The standard InChI is InChI=1S/C21H21N5O5S2/c1-29-20(28)17-11-5-4-8-15(11)33-19(17)23-16(27)10-32-21-25-24-18(26(21)22)14-9-30-12-6-2-3-7-13(12)31-14/h2-3,6-7,14H,4-5,8-10,22H2,1H3,(H,23,27)/t14-/m0/s1. The average Bonchev–Trinajstić information content (AvgIpc) is 3.51. The van der Waals surface area contributed by atoms with Gasteiger partial charge in [-0.3, -0.25) is 4.79 Å². The van der Waals surface area contributed by atoms with E-state index in [0.29, 0.717) is 33.0 Å². The molecule has 3 N–H and O–H groups in total. The summed E-state index contributed by atoms with van der Waals surface area (Å²) in [7, 11) is 1.34. The number of thioether (sulfide) groups is 1. The summed E-state index contributed by atoms with van der Waals surface area (Å²) in [4.78, 5) is 26.0. The van der Waals surface area contributed by atoms with Gasteiger partial charge in [0, 0.05) is 4.88 Å². The lowest BCUT2D eigenvalue weighted by Gasteiger charge is -2.25. The minimum absolute atomic E-state index is 0.0450. The van der Waals surface area contributed by atoms with Crippen LogP contribution >= 0.6 is 23.1 Å². The molecule has 0 radical (unpaired) electrons. The number of benzene rings is 1. The first kappa shape index (κ1) is 21.6. The molecule has 33 heavy (non-hydrogen) atoms. The number of amides is 1. The molecule has 0 unspecified atom stereocenters. The highest BCUT2D eigenvalue weighted by molar-refractivity contribution is 7.99. The number of nitrogens with zero attached hydrogens (tertiary/aromatic N) is 3. The number of para-hydroxylation sites is 2. The third-order valence-corrected chi connectivity index (χ3v) is 7.53. The zero-order chi connectivity index (χ0) is 22.9. The number of esters is 1. The number of aromatic nitrogens is 3. The van der Waals surface area contributed by atoms with Crippen LogP contribution in [0.2, 0.25) is 0 Å². The molecule has 1 atom stereocenters. The van der Waals surface area contributed by atoms with Crippen LogP contribution in [-0.2, 0) is 22.4 Å². The van der Waals surface area contributed by atoms with Gasteiger partial charge in [-0.25, -0.2) is 9.47 Å². The first-order valence-electron chi connectivity index (χ1n) is 10.3. The quantitative estimate of drug-likeness (QED) is 0.306. The Morgan fingerprint density at radius 2 is 2.12 bits per heavy atom. The van der Waals surface area contributed by atoms with E-state index in [1.807, 2.05) is 24.3 Å². The topological polar surface area (TPSA) is 131 Å². The number of carbonyl (C=O) groups is 2. The average molecular weight is 488 g/mol. The molecule has 2 aliphatic rings. The lowest BCUT2D eigenvalue weighted by Crippen LogP contribution is -2.27. The molecular weight excluding hydrogens is 466 g/mol. The van der Waals surface area contributed by atoms with E-state index >= 15 is 0 Å². The number of nitrogen functional groups attached to an aromatic ring is 1. The van der Waals surface area contributed by atoms with Crippen LogP contribution in [0, 0.1) is 0 Å². The monoisotopic (exact) mass is 487 g/mol. The van der Waals surface area contributed by atoms with Crippen molar-refractivity contribution in [1.29, 1.82) is 0 Å². The van der Waals surface area contributed by atoms with Crippen molar-refractivity contribution in [2.45, 2.75) is 30.5 Å². The number of hydrogen-bond donors (Lipinski definition) is 2. The summed E-state index contributed by atoms with van der Waals surface area (Å²) in [5.41, 5.74) is 1.45. The molecule has 1 amide bonds. The number of nitrogens with one attached hydrogen (secondary N) is 1. The van der Waals surface area contributed by atoms with Gasteiger partial charge < -0.3 is 25.4 Å². The number of methoxy groups -OCH3 is 1. The van der Waals surface area contributed by atoms with Crippen molar-refractivity contribution in [3.05, 3.63) is 46.1 Å². The molecule has 0 fully saturated rings. The highest BCUT2D eigenvalue weighted by Gasteiger charge is 2.30. The Morgan fingerprint density at radius 3 is 2.94 bits per heavy atom. The van der Waals surface area contributed by atoms with Crippen LogP contribution < -0.4 is 20.6 Å². The van der Waals surface area contributed by atoms with E-state index in [0.717, 1.165) is 41.5 Å². The highest BCUT2D eigenvalue weighted by atomic mass is 32.2. The van der Waals surface area contributed by atoms with Gasteiger partial charge in [-0.1, -0.05) is 23.9 Å².